The van der Waals surface area contributed by atoms with Gasteiger partial charge in [-0.1, -0.05) is 0 Å². The van der Waals surface area contributed by atoms with Gasteiger partial charge in [0.25, 0.3) is 11.5 Å². The first-order chi connectivity index (χ1) is 15.0. The molecule has 1 aromatic carbocycles. The molecule has 1 fully saturated rings. The molecule has 3 N–H and O–H groups in total. The Labute approximate surface area is 176 Å². The van der Waals surface area contributed by atoms with E-state index in [9.17, 15) is 14.0 Å². The van der Waals surface area contributed by atoms with Gasteiger partial charge in [-0.3, -0.25) is 14.7 Å². The predicted molar refractivity (Wildman–Crippen MR) is 113 cm³/mol. The van der Waals surface area contributed by atoms with Gasteiger partial charge in [0.15, 0.2) is 5.65 Å². The standard InChI is InChI=1S/C22H22FN5O3/c1-12(24-22(30)19-8-14-2-3-15(23)9-17(14)25-19)16-11-21(29)28-20(26-16)10-18(27-28)13-4-6-31-7-5-13/h2-3,8-13,25,27H,4-7H2,1H3,(H,24,30). The zero-order valence-electron chi connectivity index (χ0n) is 16.9. The van der Waals surface area contributed by atoms with Crippen molar-refractivity contribution >= 4 is 22.5 Å². The first kappa shape index (κ1) is 19.5. The van der Waals surface area contributed by atoms with Crippen LogP contribution in [0.2, 0.25) is 0 Å². The van der Waals surface area contributed by atoms with Gasteiger partial charge in [0.05, 0.1) is 11.7 Å². The zero-order valence-corrected chi connectivity index (χ0v) is 16.9. The zero-order chi connectivity index (χ0) is 21.5. The largest absolute Gasteiger partial charge is 0.381 e. The Bertz CT molecular complexity index is 1330. The number of nitrogens with one attached hydrogen (secondary N) is 3. The highest BCUT2D eigenvalue weighted by Crippen LogP contribution is 2.26. The van der Waals surface area contributed by atoms with Gasteiger partial charge in [0, 0.05) is 47.9 Å². The Hall–Kier alpha value is -3.46. The van der Waals surface area contributed by atoms with Gasteiger partial charge in [-0.2, -0.15) is 0 Å². The van der Waals surface area contributed by atoms with E-state index in [1.165, 1.54) is 22.7 Å². The van der Waals surface area contributed by atoms with Gasteiger partial charge in [-0.05, 0) is 44.0 Å². The van der Waals surface area contributed by atoms with E-state index < -0.39 is 6.04 Å². The molecule has 5 rings (SSSR count). The van der Waals surface area contributed by atoms with E-state index >= 15 is 0 Å². The fourth-order valence-electron chi connectivity index (χ4n) is 4.04. The van der Waals surface area contributed by atoms with Crippen LogP contribution in [0, 0.1) is 5.82 Å². The minimum absolute atomic E-state index is 0.236. The second-order valence-corrected chi connectivity index (χ2v) is 7.92. The second-order valence-electron chi connectivity index (χ2n) is 7.92. The SMILES string of the molecule is CC(NC(=O)c1cc2ccc(F)cc2[nH]1)c1cc(=O)n2[nH]c(C3CCOCC3)cc2n1. The first-order valence-corrected chi connectivity index (χ1v) is 10.3. The van der Waals surface area contributed by atoms with Gasteiger partial charge in [-0.25, -0.2) is 13.9 Å². The molecule has 160 valence electrons. The number of H-pyrrole nitrogens is 2. The molecular weight excluding hydrogens is 401 g/mol. The molecular formula is C22H22FN5O3. The summed E-state index contributed by atoms with van der Waals surface area (Å²) in [5, 5.41) is 6.74. The smallest absolute Gasteiger partial charge is 0.272 e. The van der Waals surface area contributed by atoms with Crippen LogP contribution in [0.3, 0.4) is 0 Å². The number of aromatic nitrogens is 4. The number of carbonyl (C=O) groups excluding carboxylic acids is 1. The van der Waals surface area contributed by atoms with Crippen LogP contribution in [0.5, 0.6) is 0 Å². The van der Waals surface area contributed by atoms with E-state index in [4.69, 9.17) is 4.74 Å². The molecule has 1 saturated heterocycles. The highest BCUT2D eigenvalue weighted by Gasteiger charge is 2.20. The third-order valence-electron chi connectivity index (χ3n) is 5.77. The molecule has 0 saturated carbocycles. The average Bonchev–Trinajstić information content (AvgIpc) is 3.38. The molecule has 8 nitrogen and oxygen atoms in total. The predicted octanol–water partition coefficient (Wildman–Crippen LogP) is 3.03. The number of benzene rings is 1. The van der Waals surface area contributed by atoms with Crippen molar-refractivity contribution in [2.45, 2.75) is 31.7 Å². The third-order valence-corrected chi connectivity index (χ3v) is 5.77. The summed E-state index contributed by atoms with van der Waals surface area (Å²) in [6.45, 7) is 3.18. The van der Waals surface area contributed by atoms with Crippen LogP contribution in [0.1, 0.15) is 53.6 Å². The molecule has 31 heavy (non-hydrogen) atoms. The first-order valence-electron chi connectivity index (χ1n) is 10.3. The molecule has 1 amide bonds. The van der Waals surface area contributed by atoms with E-state index in [1.54, 1.807) is 19.1 Å². The van der Waals surface area contributed by atoms with Crippen molar-refractivity contribution in [3.63, 3.8) is 0 Å². The van der Waals surface area contributed by atoms with Gasteiger partial charge in [0.2, 0.25) is 0 Å². The molecule has 1 aliphatic rings. The number of fused-ring (bicyclic) bond motifs is 2. The van der Waals surface area contributed by atoms with Crippen molar-refractivity contribution in [3.05, 3.63) is 69.7 Å². The highest BCUT2D eigenvalue weighted by atomic mass is 19.1. The lowest BCUT2D eigenvalue weighted by Crippen LogP contribution is -2.29. The molecule has 0 bridgehead atoms. The molecule has 1 atom stereocenters. The number of hydrogen-bond donors (Lipinski definition) is 3. The Kier molecular flexibility index (Phi) is 4.82. The molecule has 4 aromatic rings. The molecule has 9 heteroatoms. The number of halogens is 1. The summed E-state index contributed by atoms with van der Waals surface area (Å²) in [6.07, 6.45) is 1.80. The lowest BCUT2D eigenvalue weighted by atomic mass is 9.97. The van der Waals surface area contributed by atoms with Crippen LogP contribution in [0.25, 0.3) is 16.6 Å². The maximum atomic E-state index is 13.4. The number of carbonyl (C=O) groups is 1. The van der Waals surface area contributed by atoms with Crippen LogP contribution in [-0.4, -0.2) is 38.7 Å². The van der Waals surface area contributed by atoms with Crippen molar-refractivity contribution in [1.29, 1.82) is 0 Å². The summed E-state index contributed by atoms with van der Waals surface area (Å²) >= 11 is 0. The van der Waals surface area contributed by atoms with E-state index in [0.29, 0.717) is 41.7 Å². The lowest BCUT2D eigenvalue weighted by Gasteiger charge is -2.20. The van der Waals surface area contributed by atoms with E-state index in [1.807, 2.05) is 6.07 Å². The molecule has 3 aromatic heterocycles. The van der Waals surface area contributed by atoms with Crippen LogP contribution in [-0.2, 0) is 4.74 Å². The Balaban J connectivity index is 1.38. The number of nitrogens with zero attached hydrogens (tertiary/aromatic N) is 2. The molecule has 0 spiro atoms. The fraction of sp³-hybridized carbons (Fsp3) is 0.318. The highest BCUT2D eigenvalue weighted by molar-refractivity contribution is 5.98. The summed E-state index contributed by atoms with van der Waals surface area (Å²) < 4.78 is 20.2. The molecule has 1 aliphatic heterocycles. The van der Waals surface area contributed by atoms with Crippen molar-refractivity contribution in [2.75, 3.05) is 13.2 Å². The fourth-order valence-corrected chi connectivity index (χ4v) is 4.04. The van der Waals surface area contributed by atoms with Gasteiger partial charge in [-0.15, -0.1) is 0 Å². The van der Waals surface area contributed by atoms with Crippen LogP contribution in [0.15, 0.2) is 41.2 Å². The van der Waals surface area contributed by atoms with E-state index in [0.717, 1.165) is 23.9 Å². The van der Waals surface area contributed by atoms with E-state index in [-0.39, 0.29) is 17.3 Å². The Morgan fingerprint density at radius 2 is 2.06 bits per heavy atom. The summed E-state index contributed by atoms with van der Waals surface area (Å²) in [4.78, 5) is 32.8. The maximum absolute atomic E-state index is 13.4. The number of amides is 1. The Morgan fingerprint density at radius 3 is 2.87 bits per heavy atom. The summed E-state index contributed by atoms with van der Waals surface area (Å²) in [6, 6.07) is 8.78. The number of ether oxygens (including phenoxy) is 1. The van der Waals surface area contributed by atoms with Crippen LogP contribution >= 0.6 is 0 Å². The molecule has 1 unspecified atom stereocenters. The number of hydrogen-bond acceptors (Lipinski definition) is 4. The molecule has 0 aliphatic carbocycles. The second kappa shape index (κ2) is 7.66. The van der Waals surface area contributed by atoms with Gasteiger partial charge >= 0.3 is 0 Å². The van der Waals surface area contributed by atoms with Crippen molar-refractivity contribution in [1.82, 2.24) is 24.9 Å². The number of rotatable bonds is 4. The molecule has 0 radical (unpaired) electrons. The van der Waals surface area contributed by atoms with E-state index in [2.05, 4.69) is 20.4 Å². The normalized spacial score (nSPS) is 16.1. The van der Waals surface area contributed by atoms with Crippen molar-refractivity contribution in [2.24, 2.45) is 0 Å². The van der Waals surface area contributed by atoms with Crippen LogP contribution < -0.4 is 10.9 Å². The summed E-state index contributed by atoms with van der Waals surface area (Å²) in [5.41, 5.74) is 2.58. The maximum Gasteiger partial charge on any atom is 0.272 e. The number of aromatic amines is 2. The molecule has 4 heterocycles. The van der Waals surface area contributed by atoms with Gasteiger partial charge in [0.1, 0.15) is 11.5 Å². The minimum atomic E-state index is -0.491. The summed E-state index contributed by atoms with van der Waals surface area (Å²) in [5.74, 6) is -0.426. The third kappa shape index (κ3) is 3.72. The Morgan fingerprint density at radius 1 is 1.26 bits per heavy atom. The van der Waals surface area contributed by atoms with Gasteiger partial charge < -0.3 is 15.0 Å². The van der Waals surface area contributed by atoms with Crippen LogP contribution in [0.4, 0.5) is 4.39 Å². The van der Waals surface area contributed by atoms with Crippen molar-refractivity contribution < 1.29 is 13.9 Å². The quantitative estimate of drug-likeness (QED) is 0.469. The monoisotopic (exact) mass is 423 g/mol. The lowest BCUT2D eigenvalue weighted by molar-refractivity contribution is 0.0844. The average molecular weight is 423 g/mol. The minimum Gasteiger partial charge on any atom is -0.381 e. The summed E-state index contributed by atoms with van der Waals surface area (Å²) in [7, 11) is 0. The van der Waals surface area contributed by atoms with Crippen molar-refractivity contribution in [3.8, 4) is 0 Å². The topological polar surface area (TPSA) is 104 Å².